The maximum absolute atomic E-state index is 12.2. The number of carboxylic acid groups (broad SMARTS) is 1. The van der Waals surface area contributed by atoms with Crippen molar-refractivity contribution in [1.29, 1.82) is 0 Å². The van der Waals surface area contributed by atoms with Gasteiger partial charge in [-0.3, -0.25) is 24.6 Å². The van der Waals surface area contributed by atoms with Crippen LogP contribution < -0.4 is 5.32 Å². The number of aliphatic carboxylic acids is 1. The fraction of sp³-hybridized carbons (Fsp3) is 0.529. The Morgan fingerprint density at radius 2 is 2.08 bits per heavy atom. The van der Waals surface area contributed by atoms with Crippen molar-refractivity contribution < 1.29 is 19.6 Å². The summed E-state index contributed by atoms with van der Waals surface area (Å²) < 4.78 is 0. The van der Waals surface area contributed by atoms with Crippen LogP contribution in [0.25, 0.3) is 0 Å². The van der Waals surface area contributed by atoms with Gasteiger partial charge in [0, 0.05) is 23.7 Å². The molecule has 1 aliphatic carbocycles. The molecular formula is C17H23N3O5. The number of amides is 1. The molecule has 0 bridgehead atoms. The molecule has 136 valence electrons. The smallest absolute Gasteiger partial charge is 0.317 e. The summed E-state index contributed by atoms with van der Waals surface area (Å²) in [6.45, 7) is 4.23. The summed E-state index contributed by atoms with van der Waals surface area (Å²) in [4.78, 5) is 35.4. The molecule has 1 aromatic carbocycles. The van der Waals surface area contributed by atoms with E-state index >= 15 is 0 Å². The molecule has 1 amide bonds. The Labute approximate surface area is 146 Å². The van der Waals surface area contributed by atoms with Crippen LogP contribution in [-0.2, 0) is 16.0 Å². The van der Waals surface area contributed by atoms with E-state index in [-0.39, 0.29) is 36.6 Å². The highest BCUT2D eigenvalue weighted by Gasteiger charge is 2.34. The van der Waals surface area contributed by atoms with Gasteiger partial charge in [0.2, 0.25) is 5.91 Å². The minimum absolute atomic E-state index is 0.00864. The minimum Gasteiger partial charge on any atom is -0.480 e. The molecule has 0 aliphatic heterocycles. The van der Waals surface area contributed by atoms with Gasteiger partial charge in [-0.25, -0.2) is 0 Å². The van der Waals surface area contributed by atoms with Gasteiger partial charge in [0.1, 0.15) is 0 Å². The average molecular weight is 349 g/mol. The number of carbonyl (C=O) groups excluding carboxylic acids is 1. The summed E-state index contributed by atoms with van der Waals surface area (Å²) >= 11 is 0. The fourth-order valence-electron chi connectivity index (χ4n) is 3.19. The van der Waals surface area contributed by atoms with Gasteiger partial charge in [0.25, 0.3) is 5.69 Å². The molecule has 1 aromatic rings. The predicted octanol–water partition coefficient (Wildman–Crippen LogP) is 1.50. The Bertz CT molecular complexity index is 670. The van der Waals surface area contributed by atoms with Crippen LogP contribution in [0.2, 0.25) is 0 Å². The van der Waals surface area contributed by atoms with E-state index in [9.17, 15) is 19.7 Å². The van der Waals surface area contributed by atoms with Gasteiger partial charge < -0.3 is 10.4 Å². The van der Waals surface area contributed by atoms with Crippen LogP contribution >= 0.6 is 0 Å². The van der Waals surface area contributed by atoms with Crippen LogP contribution in [0.4, 0.5) is 5.69 Å². The number of carboxylic acids is 1. The van der Waals surface area contributed by atoms with E-state index in [0.29, 0.717) is 17.7 Å². The van der Waals surface area contributed by atoms with Gasteiger partial charge in [0.05, 0.1) is 17.9 Å². The Morgan fingerprint density at radius 3 is 2.64 bits per heavy atom. The lowest BCUT2D eigenvalue weighted by Crippen LogP contribution is -2.55. The Balaban J connectivity index is 1.86. The van der Waals surface area contributed by atoms with Crippen molar-refractivity contribution in [3.63, 3.8) is 0 Å². The third-order valence-electron chi connectivity index (χ3n) is 4.70. The second kappa shape index (κ2) is 8.06. The summed E-state index contributed by atoms with van der Waals surface area (Å²) in [5, 5.41) is 22.8. The molecule has 2 rings (SSSR count). The van der Waals surface area contributed by atoms with E-state index in [1.807, 2.05) is 11.8 Å². The van der Waals surface area contributed by atoms with Crippen molar-refractivity contribution in [1.82, 2.24) is 10.2 Å². The lowest BCUT2D eigenvalue weighted by molar-refractivity contribution is -0.385. The van der Waals surface area contributed by atoms with Crippen molar-refractivity contribution in [3.8, 4) is 0 Å². The topological polar surface area (TPSA) is 113 Å². The highest BCUT2D eigenvalue weighted by atomic mass is 16.6. The SMILES string of the molecule is CCN(CC(=O)O)C1CC(NC(=O)Cc2cccc([N+](=O)[O-])c2C)C1. The molecule has 0 saturated heterocycles. The third kappa shape index (κ3) is 4.76. The molecule has 0 aromatic heterocycles. The summed E-state index contributed by atoms with van der Waals surface area (Å²) in [5.41, 5.74) is 1.16. The van der Waals surface area contributed by atoms with Crippen LogP contribution in [0, 0.1) is 17.0 Å². The first-order valence-electron chi connectivity index (χ1n) is 8.29. The second-order valence-corrected chi connectivity index (χ2v) is 6.34. The highest BCUT2D eigenvalue weighted by Crippen LogP contribution is 2.26. The number of carbonyl (C=O) groups is 2. The second-order valence-electron chi connectivity index (χ2n) is 6.34. The molecular weight excluding hydrogens is 326 g/mol. The van der Waals surface area contributed by atoms with Crippen molar-refractivity contribution in [2.45, 2.75) is 45.2 Å². The van der Waals surface area contributed by atoms with E-state index in [1.165, 1.54) is 6.07 Å². The van der Waals surface area contributed by atoms with Crippen LogP contribution in [0.5, 0.6) is 0 Å². The zero-order chi connectivity index (χ0) is 18.6. The summed E-state index contributed by atoms with van der Waals surface area (Å²) in [6, 6.07) is 4.93. The number of hydrogen-bond acceptors (Lipinski definition) is 5. The first-order chi connectivity index (χ1) is 11.8. The minimum atomic E-state index is -0.851. The molecule has 1 saturated carbocycles. The average Bonchev–Trinajstić information content (AvgIpc) is 2.50. The van der Waals surface area contributed by atoms with E-state index in [2.05, 4.69) is 5.32 Å². The first-order valence-corrected chi connectivity index (χ1v) is 8.29. The summed E-state index contributed by atoms with van der Waals surface area (Å²) in [7, 11) is 0. The van der Waals surface area contributed by atoms with Gasteiger partial charge in [-0.2, -0.15) is 0 Å². The van der Waals surface area contributed by atoms with Crippen molar-refractivity contribution in [2.75, 3.05) is 13.1 Å². The van der Waals surface area contributed by atoms with Crippen LogP contribution in [-0.4, -0.2) is 52.0 Å². The molecule has 0 spiro atoms. The molecule has 2 N–H and O–H groups in total. The molecule has 1 fully saturated rings. The van der Waals surface area contributed by atoms with E-state index in [1.54, 1.807) is 19.1 Å². The van der Waals surface area contributed by atoms with E-state index < -0.39 is 10.9 Å². The summed E-state index contributed by atoms with van der Waals surface area (Å²) in [6.07, 6.45) is 1.54. The van der Waals surface area contributed by atoms with Gasteiger partial charge >= 0.3 is 5.97 Å². The molecule has 8 nitrogen and oxygen atoms in total. The Hall–Kier alpha value is -2.48. The van der Waals surface area contributed by atoms with Crippen molar-refractivity contribution in [2.24, 2.45) is 0 Å². The lowest BCUT2D eigenvalue weighted by Gasteiger charge is -2.42. The first kappa shape index (κ1) is 18.9. The van der Waals surface area contributed by atoms with E-state index in [0.717, 1.165) is 12.8 Å². The third-order valence-corrected chi connectivity index (χ3v) is 4.70. The largest absolute Gasteiger partial charge is 0.480 e. The van der Waals surface area contributed by atoms with Crippen LogP contribution in [0.15, 0.2) is 18.2 Å². The van der Waals surface area contributed by atoms with Gasteiger partial charge in [-0.15, -0.1) is 0 Å². The zero-order valence-corrected chi connectivity index (χ0v) is 14.4. The predicted molar refractivity (Wildman–Crippen MR) is 91.4 cm³/mol. The number of nitro groups is 1. The molecule has 1 aliphatic rings. The fourth-order valence-corrected chi connectivity index (χ4v) is 3.19. The molecule has 0 heterocycles. The number of likely N-dealkylation sites (N-methyl/N-ethyl adjacent to an activating group) is 1. The molecule has 0 atom stereocenters. The zero-order valence-electron chi connectivity index (χ0n) is 14.4. The monoisotopic (exact) mass is 349 g/mol. The van der Waals surface area contributed by atoms with Gasteiger partial charge in [0.15, 0.2) is 0 Å². The number of rotatable bonds is 8. The van der Waals surface area contributed by atoms with Gasteiger partial charge in [-0.1, -0.05) is 19.1 Å². The number of hydrogen-bond donors (Lipinski definition) is 2. The van der Waals surface area contributed by atoms with Crippen molar-refractivity contribution >= 4 is 17.6 Å². The molecule has 0 unspecified atom stereocenters. The number of nitrogens with one attached hydrogen (secondary N) is 1. The lowest BCUT2D eigenvalue weighted by atomic mass is 9.85. The van der Waals surface area contributed by atoms with Crippen LogP contribution in [0.3, 0.4) is 0 Å². The summed E-state index contributed by atoms with van der Waals surface area (Å²) in [5.74, 6) is -1.02. The Kier molecular flexibility index (Phi) is 6.08. The van der Waals surface area contributed by atoms with E-state index in [4.69, 9.17) is 5.11 Å². The van der Waals surface area contributed by atoms with Crippen LogP contribution in [0.1, 0.15) is 30.9 Å². The number of benzene rings is 1. The van der Waals surface area contributed by atoms with Crippen molar-refractivity contribution in [3.05, 3.63) is 39.4 Å². The maximum atomic E-state index is 12.2. The maximum Gasteiger partial charge on any atom is 0.317 e. The quantitative estimate of drug-likeness (QED) is 0.543. The molecule has 0 radical (unpaired) electrons. The van der Waals surface area contributed by atoms with Gasteiger partial charge in [-0.05, 0) is 31.9 Å². The molecule has 8 heteroatoms. The normalized spacial score (nSPS) is 19.3. The molecule has 25 heavy (non-hydrogen) atoms. The Morgan fingerprint density at radius 1 is 1.40 bits per heavy atom. The standard InChI is InChI=1S/C17H23N3O5/c1-3-19(10-17(22)23)14-8-13(9-14)18-16(21)7-12-5-4-6-15(11(12)2)20(24)25/h4-6,13-14H,3,7-10H2,1-2H3,(H,18,21)(H,22,23). The number of nitro benzene ring substituents is 1. The highest BCUT2D eigenvalue weighted by molar-refractivity contribution is 5.79. The number of nitrogens with zero attached hydrogens (tertiary/aromatic N) is 2.